The van der Waals surface area contributed by atoms with Crippen LogP contribution in [-0.2, 0) is 6.54 Å². The monoisotopic (exact) mass is 285 g/mol. The second kappa shape index (κ2) is 6.71. The number of aromatic nitrogens is 1. The predicted molar refractivity (Wildman–Crippen MR) is 71.2 cm³/mol. The average molecular weight is 285 g/mol. The molecule has 8 nitrogen and oxygen atoms in total. The van der Waals surface area contributed by atoms with E-state index >= 15 is 0 Å². The number of rotatable bonds is 7. The van der Waals surface area contributed by atoms with Crippen LogP contribution in [0.25, 0.3) is 0 Å². The van der Waals surface area contributed by atoms with Gasteiger partial charge in [0.05, 0.1) is 36.0 Å². The highest BCUT2D eigenvalue weighted by atomic mass is 16.6. The van der Waals surface area contributed by atoms with Gasteiger partial charge >= 0.3 is 0 Å². The van der Waals surface area contributed by atoms with E-state index in [1.165, 1.54) is 6.20 Å². The molecule has 0 atom stereocenters. The van der Waals surface area contributed by atoms with Gasteiger partial charge in [-0.25, -0.2) is 0 Å². The lowest BCUT2D eigenvalue weighted by Crippen LogP contribution is -2.54. The summed E-state index contributed by atoms with van der Waals surface area (Å²) in [6, 6.07) is 0. The normalized spacial score (nSPS) is 11.7. The van der Waals surface area contributed by atoms with Crippen molar-refractivity contribution >= 4 is 5.69 Å². The number of nitro groups is 1. The Morgan fingerprint density at radius 2 is 1.85 bits per heavy atom. The summed E-state index contributed by atoms with van der Waals surface area (Å²) >= 11 is 0. The highest BCUT2D eigenvalue weighted by Crippen LogP contribution is 2.24. The average Bonchev–Trinajstić information content (AvgIpc) is 2.42. The molecule has 0 saturated carbocycles. The SMILES string of the molecule is Cc1cnc(CNC(CO)(CO)CO)c(C)c1[N+](=O)[O-]. The molecule has 112 valence electrons. The van der Waals surface area contributed by atoms with Crippen LogP contribution in [0.4, 0.5) is 5.69 Å². The van der Waals surface area contributed by atoms with Gasteiger partial charge in [-0.1, -0.05) is 0 Å². The zero-order chi connectivity index (χ0) is 15.3. The second-order valence-corrected chi connectivity index (χ2v) is 4.73. The molecule has 1 aromatic heterocycles. The van der Waals surface area contributed by atoms with Crippen LogP contribution in [0.2, 0.25) is 0 Å². The second-order valence-electron chi connectivity index (χ2n) is 4.73. The first-order chi connectivity index (χ1) is 9.40. The fourth-order valence-corrected chi connectivity index (χ4v) is 1.81. The third-order valence-electron chi connectivity index (χ3n) is 3.30. The third kappa shape index (κ3) is 3.28. The van der Waals surface area contributed by atoms with Crippen molar-refractivity contribution in [1.82, 2.24) is 10.3 Å². The van der Waals surface area contributed by atoms with Crippen molar-refractivity contribution in [3.63, 3.8) is 0 Å². The van der Waals surface area contributed by atoms with Gasteiger partial charge in [0.2, 0.25) is 0 Å². The van der Waals surface area contributed by atoms with Crippen LogP contribution in [-0.4, -0.2) is 50.6 Å². The Hall–Kier alpha value is -1.61. The number of aliphatic hydroxyl groups is 3. The number of hydrogen-bond donors (Lipinski definition) is 4. The summed E-state index contributed by atoms with van der Waals surface area (Å²) in [6.45, 7) is 1.89. The van der Waals surface area contributed by atoms with E-state index in [4.69, 9.17) is 0 Å². The highest BCUT2D eigenvalue weighted by molar-refractivity contribution is 5.47. The number of nitrogens with one attached hydrogen (secondary N) is 1. The lowest BCUT2D eigenvalue weighted by molar-refractivity contribution is -0.386. The van der Waals surface area contributed by atoms with Gasteiger partial charge in [0.15, 0.2) is 0 Å². The van der Waals surface area contributed by atoms with E-state index in [0.717, 1.165) is 0 Å². The van der Waals surface area contributed by atoms with Crippen molar-refractivity contribution in [2.24, 2.45) is 0 Å². The quantitative estimate of drug-likeness (QED) is 0.389. The van der Waals surface area contributed by atoms with E-state index in [2.05, 4.69) is 10.3 Å². The molecule has 0 aliphatic heterocycles. The summed E-state index contributed by atoms with van der Waals surface area (Å²) in [5.41, 5.74) is 0.0777. The summed E-state index contributed by atoms with van der Waals surface area (Å²) < 4.78 is 0. The molecule has 0 aliphatic rings. The Bertz CT molecular complexity index is 480. The van der Waals surface area contributed by atoms with Gasteiger partial charge in [0.1, 0.15) is 0 Å². The minimum atomic E-state index is -1.24. The minimum absolute atomic E-state index is 0.000560. The summed E-state index contributed by atoms with van der Waals surface area (Å²) in [6.07, 6.45) is 1.40. The van der Waals surface area contributed by atoms with Gasteiger partial charge in [-0.05, 0) is 13.8 Å². The molecule has 1 heterocycles. The molecule has 0 aromatic carbocycles. The molecule has 1 aromatic rings. The molecule has 0 spiro atoms. The van der Waals surface area contributed by atoms with Crippen LogP contribution in [0, 0.1) is 24.0 Å². The Morgan fingerprint density at radius 3 is 2.30 bits per heavy atom. The van der Waals surface area contributed by atoms with Crippen LogP contribution in [0.5, 0.6) is 0 Å². The van der Waals surface area contributed by atoms with Gasteiger partial charge in [-0.2, -0.15) is 0 Å². The minimum Gasteiger partial charge on any atom is -0.394 e. The standard InChI is InChI=1S/C12H19N3O5/c1-8-3-13-10(9(2)11(8)15(19)20)4-14-12(5-16,6-17)7-18/h3,14,16-18H,4-7H2,1-2H3. The topological polar surface area (TPSA) is 129 Å². The Labute approximate surface area is 116 Å². The first kappa shape index (κ1) is 16.4. The van der Waals surface area contributed by atoms with Crippen molar-refractivity contribution < 1.29 is 20.2 Å². The van der Waals surface area contributed by atoms with Crippen LogP contribution in [0.1, 0.15) is 16.8 Å². The summed E-state index contributed by atoms with van der Waals surface area (Å²) in [4.78, 5) is 14.7. The van der Waals surface area contributed by atoms with E-state index in [9.17, 15) is 25.4 Å². The molecular weight excluding hydrogens is 266 g/mol. The van der Waals surface area contributed by atoms with Crippen LogP contribution in [0.15, 0.2) is 6.20 Å². The number of hydrogen-bond acceptors (Lipinski definition) is 7. The van der Waals surface area contributed by atoms with Crippen molar-refractivity contribution in [2.75, 3.05) is 19.8 Å². The maximum Gasteiger partial charge on any atom is 0.278 e. The fraction of sp³-hybridized carbons (Fsp3) is 0.583. The molecule has 4 N–H and O–H groups in total. The molecule has 0 saturated heterocycles. The smallest absolute Gasteiger partial charge is 0.278 e. The Balaban J connectivity index is 3.00. The van der Waals surface area contributed by atoms with Crippen LogP contribution >= 0.6 is 0 Å². The molecule has 0 fully saturated rings. The summed E-state index contributed by atoms with van der Waals surface area (Å²) in [5, 5.41) is 41.4. The Kier molecular flexibility index (Phi) is 5.52. The highest BCUT2D eigenvalue weighted by Gasteiger charge is 2.28. The number of aryl methyl sites for hydroxylation is 1. The van der Waals surface area contributed by atoms with Crippen LogP contribution < -0.4 is 5.32 Å². The van der Waals surface area contributed by atoms with E-state index in [0.29, 0.717) is 16.8 Å². The van der Waals surface area contributed by atoms with Gasteiger partial charge in [0, 0.05) is 23.9 Å². The lowest BCUT2D eigenvalue weighted by atomic mass is 10.0. The largest absolute Gasteiger partial charge is 0.394 e. The summed E-state index contributed by atoms with van der Waals surface area (Å²) in [7, 11) is 0. The van der Waals surface area contributed by atoms with Crippen molar-refractivity contribution in [1.29, 1.82) is 0 Å². The van der Waals surface area contributed by atoms with E-state index in [1.807, 2.05) is 0 Å². The molecule has 0 bridgehead atoms. The van der Waals surface area contributed by atoms with E-state index in [-0.39, 0.29) is 12.2 Å². The van der Waals surface area contributed by atoms with Crippen molar-refractivity contribution in [3.05, 3.63) is 33.1 Å². The molecule has 0 aliphatic carbocycles. The van der Waals surface area contributed by atoms with Crippen molar-refractivity contribution in [3.8, 4) is 0 Å². The van der Waals surface area contributed by atoms with Crippen LogP contribution in [0.3, 0.4) is 0 Å². The first-order valence-corrected chi connectivity index (χ1v) is 6.08. The molecule has 0 amide bonds. The zero-order valence-electron chi connectivity index (χ0n) is 11.5. The molecule has 20 heavy (non-hydrogen) atoms. The van der Waals surface area contributed by atoms with E-state index in [1.54, 1.807) is 13.8 Å². The number of aliphatic hydroxyl groups excluding tert-OH is 3. The fourth-order valence-electron chi connectivity index (χ4n) is 1.81. The molecular formula is C12H19N3O5. The molecule has 1 rings (SSSR count). The maximum atomic E-state index is 11.0. The maximum absolute atomic E-state index is 11.0. The number of nitrogens with zero attached hydrogens (tertiary/aromatic N) is 2. The van der Waals surface area contributed by atoms with Gasteiger partial charge in [0.25, 0.3) is 5.69 Å². The predicted octanol–water partition coefficient (Wildman–Crippen LogP) is -0.588. The summed E-state index contributed by atoms with van der Waals surface area (Å²) in [5.74, 6) is 0. The van der Waals surface area contributed by atoms with Gasteiger partial charge < -0.3 is 15.3 Å². The third-order valence-corrected chi connectivity index (χ3v) is 3.30. The van der Waals surface area contributed by atoms with Gasteiger partial charge in [-0.15, -0.1) is 0 Å². The molecule has 8 heteroatoms. The van der Waals surface area contributed by atoms with Crippen molar-refractivity contribution in [2.45, 2.75) is 25.9 Å². The first-order valence-electron chi connectivity index (χ1n) is 6.08. The van der Waals surface area contributed by atoms with E-state index < -0.39 is 30.3 Å². The number of pyridine rings is 1. The van der Waals surface area contributed by atoms with Gasteiger partial charge in [-0.3, -0.25) is 20.4 Å². The lowest BCUT2D eigenvalue weighted by Gasteiger charge is -2.28. The Morgan fingerprint density at radius 1 is 1.30 bits per heavy atom. The zero-order valence-corrected chi connectivity index (χ0v) is 11.5. The molecule has 0 unspecified atom stereocenters. The molecule has 0 radical (unpaired) electrons.